The molecule has 1 heterocycles. The SMILES string of the molecule is CC(C)N1CC=CCC1. The van der Waals surface area contributed by atoms with Crippen molar-refractivity contribution in [2.45, 2.75) is 26.3 Å². The molecule has 9 heavy (non-hydrogen) atoms. The van der Waals surface area contributed by atoms with E-state index in [-0.39, 0.29) is 0 Å². The predicted molar refractivity (Wildman–Crippen MR) is 40.5 cm³/mol. The predicted octanol–water partition coefficient (Wildman–Crippen LogP) is 1.66. The molecule has 0 saturated heterocycles. The molecule has 1 aliphatic rings. The summed E-state index contributed by atoms with van der Waals surface area (Å²) in [7, 11) is 0. The van der Waals surface area contributed by atoms with Gasteiger partial charge in [-0.25, -0.2) is 0 Å². The molecule has 1 aliphatic heterocycles. The Morgan fingerprint density at radius 3 is 2.44 bits per heavy atom. The maximum Gasteiger partial charge on any atom is 0.0166 e. The van der Waals surface area contributed by atoms with Crippen molar-refractivity contribution in [2.24, 2.45) is 0 Å². The van der Waals surface area contributed by atoms with Gasteiger partial charge < -0.3 is 0 Å². The quantitative estimate of drug-likeness (QED) is 0.482. The molecule has 0 bridgehead atoms. The van der Waals surface area contributed by atoms with Crippen LogP contribution in [0.15, 0.2) is 12.2 Å². The summed E-state index contributed by atoms with van der Waals surface area (Å²) in [6.07, 6.45) is 5.75. The van der Waals surface area contributed by atoms with Crippen molar-refractivity contribution in [1.82, 2.24) is 4.90 Å². The van der Waals surface area contributed by atoms with Gasteiger partial charge in [-0.05, 0) is 20.3 Å². The topological polar surface area (TPSA) is 3.24 Å². The summed E-state index contributed by atoms with van der Waals surface area (Å²) >= 11 is 0. The van der Waals surface area contributed by atoms with Crippen molar-refractivity contribution in [2.75, 3.05) is 13.1 Å². The van der Waals surface area contributed by atoms with E-state index in [2.05, 4.69) is 30.9 Å². The van der Waals surface area contributed by atoms with Crippen LogP contribution in [0.2, 0.25) is 0 Å². The molecule has 0 amide bonds. The van der Waals surface area contributed by atoms with Gasteiger partial charge in [-0.3, -0.25) is 4.90 Å². The van der Waals surface area contributed by atoms with Crippen molar-refractivity contribution in [3.05, 3.63) is 12.2 Å². The fourth-order valence-electron chi connectivity index (χ4n) is 1.13. The van der Waals surface area contributed by atoms with Crippen molar-refractivity contribution in [1.29, 1.82) is 0 Å². The molecular weight excluding hydrogens is 110 g/mol. The molecule has 1 heteroatoms. The average molecular weight is 125 g/mol. The standard InChI is InChI=1S/C8H15N/c1-8(2)9-6-4-3-5-7-9/h3-4,8H,5-7H2,1-2H3. The van der Waals surface area contributed by atoms with Crippen LogP contribution in [0.5, 0.6) is 0 Å². The van der Waals surface area contributed by atoms with Crippen molar-refractivity contribution in [3.8, 4) is 0 Å². The first-order chi connectivity index (χ1) is 4.30. The summed E-state index contributed by atoms with van der Waals surface area (Å²) in [5, 5.41) is 0. The third-order valence-corrected chi connectivity index (χ3v) is 1.82. The average Bonchev–Trinajstić information content (AvgIpc) is 1.90. The molecular formula is C8H15N. The van der Waals surface area contributed by atoms with E-state index >= 15 is 0 Å². The summed E-state index contributed by atoms with van der Waals surface area (Å²) in [6, 6.07) is 0.718. The fourth-order valence-corrected chi connectivity index (χ4v) is 1.13. The summed E-state index contributed by atoms with van der Waals surface area (Å²) in [4.78, 5) is 2.47. The normalized spacial score (nSPS) is 21.2. The van der Waals surface area contributed by atoms with Crippen molar-refractivity contribution < 1.29 is 0 Å². The van der Waals surface area contributed by atoms with E-state index in [1.165, 1.54) is 13.0 Å². The highest BCUT2D eigenvalue weighted by molar-refractivity contribution is 4.91. The lowest BCUT2D eigenvalue weighted by atomic mass is 10.2. The summed E-state index contributed by atoms with van der Waals surface area (Å²) in [6.45, 7) is 6.89. The second kappa shape index (κ2) is 3.02. The van der Waals surface area contributed by atoms with Crippen LogP contribution in [-0.2, 0) is 0 Å². The van der Waals surface area contributed by atoms with Crippen LogP contribution in [0.3, 0.4) is 0 Å². The fraction of sp³-hybridized carbons (Fsp3) is 0.750. The van der Waals surface area contributed by atoms with Crippen molar-refractivity contribution >= 4 is 0 Å². The first-order valence-electron chi connectivity index (χ1n) is 3.70. The minimum Gasteiger partial charge on any atom is -0.297 e. The van der Waals surface area contributed by atoms with Gasteiger partial charge in [-0.15, -0.1) is 0 Å². The molecule has 0 saturated carbocycles. The van der Waals surface area contributed by atoms with Gasteiger partial charge in [0.15, 0.2) is 0 Å². The maximum atomic E-state index is 2.47. The van der Waals surface area contributed by atoms with Crippen LogP contribution >= 0.6 is 0 Å². The molecule has 0 aromatic rings. The first-order valence-corrected chi connectivity index (χ1v) is 3.70. The van der Waals surface area contributed by atoms with Gasteiger partial charge in [0.2, 0.25) is 0 Å². The zero-order valence-corrected chi connectivity index (χ0v) is 6.30. The minimum atomic E-state index is 0.718. The van der Waals surface area contributed by atoms with Crippen LogP contribution in [0, 0.1) is 0 Å². The number of hydrogen-bond donors (Lipinski definition) is 0. The van der Waals surface area contributed by atoms with Crippen LogP contribution in [-0.4, -0.2) is 24.0 Å². The van der Waals surface area contributed by atoms with E-state index in [1.54, 1.807) is 0 Å². The lowest BCUT2D eigenvalue weighted by Gasteiger charge is -2.26. The number of hydrogen-bond acceptors (Lipinski definition) is 1. The lowest BCUT2D eigenvalue weighted by molar-refractivity contribution is 0.243. The molecule has 1 nitrogen and oxygen atoms in total. The third-order valence-electron chi connectivity index (χ3n) is 1.82. The molecule has 0 N–H and O–H groups in total. The van der Waals surface area contributed by atoms with E-state index in [4.69, 9.17) is 0 Å². The molecule has 0 radical (unpaired) electrons. The van der Waals surface area contributed by atoms with Gasteiger partial charge in [0.05, 0.1) is 0 Å². The third kappa shape index (κ3) is 1.83. The Balaban J connectivity index is 2.35. The van der Waals surface area contributed by atoms with Gasteiger partial charge in [-0.2, -0.15) is 0 Å². The molecule has 0 unspecified atom stereocenters. The van der Waals surface area contributed by atoms with Crippen LogP contribution < -0.4 is 0 Å². The van der Waals surface area contributed by atoms with Gasteiger partial charge >= 0.3 is 0 Å². The molecule has 0 fully saturated rings. The van der Waals surface area contributed by atoms with Gasteiger partial charge in [0.1, 0.15) is 0 Å². The molecule has 0 atom stereocenters. The highest BCUT2D eigenvalue weighted by Crippen LogP contribution is 2.04. The number of rotatable bonds is 1. The molecule has 0 spiro atoms. The monoisotopic (exact) mass is 125 g/mol. The van der Waals surface area contributed by atoms with Crippen molar-refractivity contribution in [3.63, 3.8) is 0 Å². The van der Waals surface area contributed by atoms with E-state index in [1.807, 2.05) is 0 Å². The van der Waals surface area contributed by atoms with Gasteiger partial charge in [-0.1, -0.05) is 12.2 Å². The first kappa shape index (κ1) is 6.81. The Kier molecular flexibility index (Phi) is 2.29. The Morgan fingerprint density at radius 1 is 1.33 bits per heavy atom. The van der Waals surface area contributed by atoms with Crippen LogP contribution in [0.1, 0.15) is 20.3 Å². The molecule has 0 aliphatic carbocycles. The van der Waals surface area contributed by atoms with E-state index in [0.29, 0.717) is 0 Å². The molecule has 0 aromatic heterocycles. The van der Waals surface area contributed by atoms with Crippen LogP contribution in [0.4, 0.5) is 0 Å². The summed E-state index contributed by atoms with van der Waals surface area (Å²) in [5.41, 5.74) is 0. The Morgan fingerprint density at radius 2 is 2.11 bits per heavy atom. The Hall–Kier alpha value is -0.300. The Labute approximate surface area is 57.4 Å². The molecule has 1 rings (SSSR count). The zero-order chi connectivity index (χ0) is 6.69. The smallest absolute Gasteiger partial charge is 0.0166 e. The van der Waals surface area contributed by atoms with E-state index in [9.17, 15) is 0 Å². The summed E-state index contributed by atoms with van der Waals surface area (Å²) < 4.78 is 0. The van der Waals surface area contributed by atoms with Crippen LogP contribution in [0.25, 0.3) is 0 Å². The minimum absolute atomic E-state index is 0.718. The second-order valence-corrected chi connectivity index (χ2v) is 2.85. The molecule has 52 valence electrons. The second-order valence-electron chi connectivity index (χ2n) is 2.85. The van der Waals surface area contributed by atoms with E-state index in [0.717, 1.165) is 12.6 Å². The highest BCUT2D eigenvalue weighted by atomic mass is 15.1. The number of nitrogens with zero attached hydrogens (tertiary/aromatic N) is 1. The van der Waals surface area contributed by atoms with E-state index < -0.39 is 0 Å². The molecule has 0 aromatic carbocycles. The van der Waals surface area contributed by atoms with Gasteiger partial charge in [0.25, 0.3) is 0 Å². The largest absolute Gasteiger partial charge is 0.297 e. The highest BCUT2D eigenvalue weighted by Gasteiger charge is 2.07. The van der Waals surface area contributed by atoms with Gasteiger partial charge in [0, 0.05) is 19.1 Å². The maximum absolute atomic E-state index is 2.47. The summed E-state index contributed by atoms with van der Waals surface area (Å²) in [5.74, 6) is 0. The lowest BCUT2D eigenvalue weighted by Crippen LogP contribution is -2.33. The zero-order valence-electron chi connectivity index (χ0n) is 6.30. The Bertz CT molecular complexity index is 105.